The van der Waals surface area contributed by atoms with Gasteiger partial charge >= 0.3 is 0 Å². The monoisotopic (exact) mass is 490 g/mol. The van der Waals surface area contributed by atoms with Gasteiger partial charge in [0.15, 0.2) is 0 Å². The van der Waals surface area contributed by atoms with E-state index in [0.717, 1.165) is 21.3 Å². The van der Waals surface area contributed by atoms with Crippen molar-refractivity contribution in [3.05, 3.63) is 106 Å². The molecule has 3 rings (SSSR count). The molecule has 0 saturated heterocycles. The summed E-state index contributed by atoms with van der Waals surface area (Å²) in [6.07, 6.45) is 3.15. The number of carbonyl (C=O) groups excluding carboxylic acids is 2. The Balaban J connectivity index is 1.80. The smallest absolute Gasteiger partial charge is 0.287 e. The van der Waals surface area contributed by atoms with Crippen LogP contribution in [0.5, 0.6) is 0 Å². The van der Waals surface area contributed by atoms with Crippen LogP contribution in [0.3, 0.4) is 0 Å². The van der Waals surface area contributed by atoms with Gasteiger partial charge in [0, 0.05) is 29.8 Å². The lowest BCUT2D eigenvalue weighted by atomic mass is 10.1. The molecule has 3 aromatic rings. The molecule has 0 unspecified atom stereocenters. The average Bonchev–Trinajstić information content (AvgIpc) is 2.80. The Kier molecular flexibility index (Phi) is 7.94. The number of halogens is 1. The first kappa shape index (κ1) is 23.0. The fraction of sp³-hybridized carbons (Fsp3) is 0.0800. The van der Waals surface area contributed by atoms with Crippen LogP contribution < -0.4 is 15.6 Å². The van der Waals surface area contributed by atoms with Crippen LogP contribution in [0.25, 0.3) is 6.08 Å². The molecule has 7 heteroatoms. The van der Waals surface area contributed by atoms with Crippen molar-refractivity contribution in [1.82, 2.24) is 10.7 Å². The third-order valence-electron chi connectivity index (χ3n) is 4.50. The van der Waals surface area contributed by atoms with Crippen molar-refractivity contribution in [3.63, 3.8) is 0 Å². The summed E-state index contributed by atoms with van der Waals surface area (Å²) in [4.78, 5) is 27.4. The van der Waals surface area contributed by atoms with Gasteiger partial charge in [0.25, 0.3) is 11.8 Å². The molecule has 3 aromatic carbocycles. The topological polar surface area (TPSA) is 73.8 Å². The summed E-state index contributed by atoms with van der Waals surface area (Å²) in [5.74, 6) is -0.909. The highest BCUT2D eigenvalue weighted by Crippen LogP contribution is 2.15. The molecule has 0 aliphatic carbocycles. The quantitative estimate of drug-likeness (QED) is 0.292. The lowest BCUT2D eigenvalue weighted by Crippen LogP contribution is -2.32. The Labute approximate surface area is 195 Å². The Morgan fingerprint density at radius 2 is 1.50 bits per heavy atom. The van der Waals surface area contributed by atoms with Crippen molar-refractivity contribution in [2.45, 2.75) is 0 Å². The Hall–Kier alpha value is -3.71. The van der Waals surface area contributed by atoms with Crippen LogP contribution in [0.2, 0.25) is 0 Å². The zero-order valence-electron chi connectivity index (χ0n) is 17.7. The van der Waals surface area contributed by atoms with Gasteiger partial charge in [0.2, 0.25) is 0 Å². The van der Waals surface area contributed by atoms with E-state index in [2.05, 4.69) is 31.8 Å². The summed E-state index contributed by atoms with van der Waals surface area (Å²) in [6.45, 7) is 0. The molecular formula is C25H23BrN4O2. The maximum absolute atomic E-state index is 12.8. The van der Waals surface area contributed by atoms with Gasteiger partial charge in [-0.2, -0.15) is 5.10 Å². The average molecular weight is 491 g/mol. The summed E-state index contributed by atoms with van der Waals surface area (Å²) in [5, 5.41) is 6.71. The lowest BCUT2D eigenvalue weighted by molar-refractivity contribution is -0.117. The molecule has 0 aliphatic heterocycles. The van der Waals surface area contributed by atoms with E-state index in [1.165, 1.54) is 6.21 Å². The second kappa shape index (κ2) is 11.1. The van der Waals surface area contributed by atoms with Crippen molar-refractivity contribution in [1.29, 1.82) is 0 Å². The van der Waals surface area contributed by atoms with E-state index in [4.69, 9.17) is 0 Å². The Bertz CT molecular complexity index is 1120. The summed E-state index contributed by atoms with van der Waals surface area (Å²) in [6, 6.07) is 23.8. The molecule has 0 heterocycles. The largest absolute Gasteiger partial charge is 0.378 e. The van der Waals surface area contributed by atoms with E-state index in [1.807, 2.05) is 73.6 Å². The van der Waals surface area contributed by atoms with Gasteiger partial charge in [-0.3, -0.25) is 9.59 Å². The molecular weight excluding hydrogens is 468 g/mol. The van der Waals surface area contributed by atoms with E-state index in [0.29, 0.717) is 5.56 Å². The van der Waals surface area contributed by atoms with Gasteiger partial charge in [0.05, 0.1) is 6.21 Å². The standard InChI is InChI=1S/C25H23BrN4O2/c1-30(2)22-14-10-18(11-15-22)16-23(28-24(31)20-6-4-3-5-7-20)25(32)29-27-17-19-8-12-21(26)13-9-19/h3-17H,1-2H3,(H,28,31)(H,29,32)/b23-16+,27-17+. The number of benzene rings is 3. The summed E-state index contributed by atoms with van der Waals surface area (Å²) in [5.41, 5.74) is 5.64. The van der Waals surface area contributed by atoms with Gasteiger partial charge in [-0.25, -0.2) is 5.43 Å². The number of hydrazone groups is 1. The highest BCUT2D eigenvalue weighted by Gasteiger charge is 2.14. The molecule has 0 aromatic heterocycles. The Morgan fingerprint density at radius 1 is 0.875 bits per heavy atom. The van der Waals surface area contributed by atoms with Crippen molar-refractivity contribution < 1.29 is 9.59 Å². The SMILES string of the molecule is CN(C)c1ccc(/C=C(/NC(=O)c2ccccc2)C(=O)N/N=C/c2ccc(Br)cc2)cc1. The van der Waals surface area contributed by atoms with Gasteiger partial charge in [0.1, 0.15) is 5.70 Å². The van der Waals surface area contributed by atoms with Crippen LogP contribution in [0.15, 0.2) is 94.1 Å². The van der Waals surface area contributed by atoms with Crippen LogP contribution in [0.1, 0.15) is 21.5 Å². The molecule has 0 radical (unpaired) electrons. The maximum Gasteiger partial charge on any atom is 0.287 e. The summed E-state index contributed by atoms with van der Waals surface area (Å²) < 4.78 is 0.952. The number of amides is 2. The number of hydrogen-bond donors (Lipinski definition) is 2. The molecule has 0 atom stereocenters. The van der Waals surface area contributed by atoms with E-state index >= 15 is 0 Å². The third-order valence-corrected chi connectivity index (χ3v) is 5.03. The van der Waals surface area contributed by atoms with Gasteiger partial charge < -0.3 is 10.2 Å². The van der Waals surface area contributed by atoms with E-state index in [9.17, 15) is 9.59 Å². The van der Waals surface area contributed by atoms with Crippen LogP contribution in [0, 0.1) is 0 Å². The second-order valence-corrected chi connectivity index (χ2v) is 8.03. The maximum atomic E-state index is 12.8. The normalized spacial score (nSPS) is 11.3. The van der Waals surface area contributed by atoms with E-state index < -0.39 is 5.91 Å². The molecule has 2 amide bonds. The molecule has 0 bridgehead atoms. The minimum absolute atomic E-state index is 0.0874. The lowest BCUT2D eigenvalue weighted by Gasteiger charge is -2.12. The molecule has 162 valence electrons. The highest BCUT2D eigenvalue weighted by atomic mass is 79.9. The molecule has 32 heavy (non-hydrogen) atoms. The van der Waals surface area contributed by atoms with Gasteiger partial charge in [-0.15, -0.1) is 0 Å². The number of carbonyl (C=O) groups is 2. The summed E-state index contributed by atoms with van der Waals surface area (Å²) >= 11 is 3.38. The van der Waals surface area contributed by atoms with Crippen molar-refractivity contribution >= 4 is 45.7 Å². The van der Waals surface area contributed by atoms with Crippen LogP contribution in [0.4, 0.5) is 5.69 Å². The minimum Gasteiger partial charge on any atom is -0.378 e. The fourth-order valence-corrected chi connectivity index (χ4v) is 3.02. The van der Waals surface area contributed by atoms with E-state index in [1.54, 1.807) is 30.3 Å². The zero-order valence-corrected chi connectivity index (χ0v) is 19.3. The van der Waals surface area contributed by atoms with E-state index in [-0.39, 0.29) is 11.6 Å². The first-order valence-electron chi connectivity index (χ1n) is 9.87. The predicted molar refractivity (Wildman–Crippen MR) is 133 cm³/mol. The first-order chi connectivity index (χ1) is 15.4. The molecule has 6 nitrogen and oxygen atoms in total. The van der Waals surface area contributed by atoms with Crippen LogP contribution >= 0.6 is 15.9 Å². The molecule has 0 spiro atoms. The zero-order chi connectivity index (χ0) is 22.9. The van der Waals surface area contributed by atoms with Crippen LogP contribution in [-0.4, -0.2) is 32.1 Å². The number of nitrogens with one attached hydrogen (secondary N) is 2. The van der Waals surface area contributed by atoms with Gasteiger partial charge in [-0.1, -0.05) is 58.4 Å². The van der Waals surface area contributed by atoms with Crippen molar-refractivity contribution in [3.8, 4) is 0 Å². The highest BCUT2D eigenvalue weighted by molar-refractivity contribution is 9.10. The summed E-state index contributed by atoms with van der Waals surface area (Å²) in [7, 11) is 3.90. The van der Waals surface area contributed by atoms with Gasteiger partial charge in [-0.05, 0) is 53.6 Å². The minimum atomic E-state index is -0.528. The second-order valence-electron chi connectivity index (χ2n) is 7.11. The molecule has 0 saturated carbocycles. The number of rotatable bonds is 7. The number of anilines is 1. The van der Waals surface area contributed by atoms with Crippen molar-refractivity contribution in [2.24, 2.45) is 5.10 Å². The Morgan fingerprint density at radius 3 is 2.12 bits per heavy atom. The number of nitrogens with zero attached hydrogens (tertiary/aromatic N) is 2. The first-order valence-corrected chi connectivity index (χ1v) is 10.7. The number of hydrogen-bond acceptors (Lipinski definition) is 4. The van der Waals surface area contributed by atoms with Crippen molar-refractivity contribution in [2.75, 3.05) is 19.0 Å². The fourth-order valence-electron chi connectivity index (χ4n) is 2.75. The predicted octanol–water partition coefficient (Wildman–Crippen LogP) is 4.44. The molecule has 0 fully saturated rings. The molecule has 0 aliphatic rings. The molecule has 2 N–H and O–H groups in total. The van der Waals surface area contributed by atoms with Crippen LogP contribution in [-0.2, 0) is 4.79 Å². The third kappa shape index (κ3) is 6.65.